The molecule has 0 unspecified atom stereocenters. The van der Waals surface area contributed by atoms with Crippen LogP contribution in [0.4, 0.5) is 0 Å². The average Bonchev–Trinajstić information content (AvgIpc) is 3.18. The minimum absolute atomic E-state index is 0.987. The largest absolute Gasteiger partial charge is 0.0616 e. The van der Waals surface area contributed by atoms with E-state index in [1.54, 1.807) is 11.1 Å². The lowest BCUT2D eigenvalue weighted by atomic mass is 9.96. The zero-order valence-corrected chi connectivity index (χ0v) is 15.6. The highest BCUT2D eigenvalue weighted by molar-refractivity contribution is 5.85. The first-order valence-electron chi connectivity index (χ1n) is 10.0. The van der Waals surface area contributed by atoms with Crippen LogP contribution in [-0.2, 0) is 25.7 Å². The lowest BCUT2D eigenvalue weighted by molar-refractivity contribution is 0.911. The van der Waals surface area contributed by atoms with Crippen molar-refractivity contribution in [2.45, 2.75) is 32.1 Å². The van der Waals surface area contributed by atoms with Crippen LogP contribution in [0, 0.1) is 0 Å². The maximum absolute atomic E-state index is 2.42. The fourth-order valence-electron chi connectivity index (χ4n) is 4.41. The second kappa shape index (κ2) is 7.04. The van der Waals surface area contributed by atoms with Crippen molar-refractivity contribution >= 4 is 10.8 Å². The Kier molecular flexibility index (Phi) is 4.26. The van der Waals surface area contributed by atoms with Gasteiger partial charge in [-0.25, -0.2) is 0 Å². The normalized spacial score (nSPS) is 13.0. The van der Waals surface area contributed by atoms with Crippen LogP contribution in [0.1, 0.15) is 39.8 Å². The molecule has 0 nitrogen and oxygen atoms in total. The molecular formula is C27H24. The summed E-state index contributed by atoms with van der Waals surface area (Å²) in [5, 5.41) is 2.69. The van der Waals surface area contributed by atoms with Crippen LogP contribution in [0.25, 0.3) is 10.8 Å². The molecule has 0 N–H and O–H groups in total. The number of fused-ring (bicyclic) bond motifs is 2. The highest BCUT2D eigenvalue weighted by atomic mass is 14.2. The Morgan fingerprint density at radius 2 is 1.26 bits per heavy atom. The third-order valence-electron chi connectivity index (χ3n) is 5.87. The van der Waals surface area contributed by atoms with E-state index in [0.717, 1.165) is 12.8 Å². The molecule has 0 bridgehead atoms. The van der Waals surface area contributed by atoms with E-state index in [9.17, 15) is 0 Å². The average molecular weight is 348 g/mol. The molecule has 1 aliphatic carbocycles. The van der Waals surface area contributed by atoms with E-state index in [2.05, 4.69) is 84.9 Å². The SMILES string of the molecule is c1ccc2c(Cc3ccc(Cc4ccc5c(c4)CCC5)cc3)cccc2c1. The van der Waals surface area contributed by atoms with Crippen molar-refractivity contribution in [3.63, 3.8) is 0 Å². The molecule has 0 fully saturated rings. The van der Waals surface area contributed by atoms with Crippen molar-refractivity contribution < 1.29 is 0 Å². The molecule has 0 heteroatoms. The summed E-state index contributed by atoms with van der Waals surface area (Å²) in [4.78, 5) is 0. The first kappa shape index (κ1) is 16.3. The molecule has 5 rings (SSSR count). The number of hydrogen-bond donors (Lipinski definition) is 0. The summed E-state index contributed by atoms with van der Waals surface area (Å²) in [5.41, 5.74) is 8.75. The van der Waals surface area contributed by atoms with Crippen LogP contribution >= 0.6 is 0 Å². The van der Waals surface area contributed by atoms with Gasteiger partial charge in [-0.3, -0.25) is 0 Å². The Morgan fingerprint density at radius 1 is 0.556 bits per heavy atom. The van der Waals surface area contributed by atoms with Gasteiger partial charge >= 0.3 is 0 Å². The number of rotatable bonds is 4. The van der Waals surface area contributed by atoms with E-state index in [-0.39, 0.29) is 0 Å². The van der Waals surface area contributed by atoms with Gasteiger partial charge in [0.25, 0.3) is 0 Å². The first-order chi connectivity index (χ1) is 13.3. The van der Waals surface area contributed by atoms with Crippen molar-refractivity contribution in [1.29, 1.82) is 0 Å². The molecule has 0 heterocycles. The van der Waals surface area contributed by atoms with Crippen LogP contribution in [0.2, 0.25) is 0 Å². The van der Waals surface area contributed by atoms with E-state index in [1.807, 2.05) is 0 Å². The summed E-state index contributed by atoms with van der Waals surface area (Å²) in [6.45, 7) is 0. The van der Waals surface area contributed by atoms with E-state index in [0.29, 0.717) is 0 Å². The van der Waals surface area contributed by atoms with Gasteiger partial charge in [-0.05, 0) is 76.3 Å². The third-order valence-corrected chi connectivity index (χ3v) is 5.87. The van der Waals surface area contributed by atoms with Gasteiger partial charge in [-0.2, -0.15) is 0 Å². The molecule has 0 radical (unpaired) electrons. The quantitative estimate of drug-likeness (QED) is 0.394. The molecule has 0 saturated heterocycles. The Morgan fingerprint density at radius 3 is 2.15 bits per heavy atom. The number of hydrogen-bond acceptors (Lipinski definition) is 0. The number of aryl methyl sites for hydroxylation is 2. The van der Waals surface area contributed by atoms with Gasteiger partial charge in [0.15, 0.2) is 0 Å². The second-order valence-electron chi connectivity index (χ2n) is 7.76. The van der Waals surface area contributed by atoms with Crippen molar-refractivity contribution in [1.82, 2.24) is 0 Å². The van der Waals surface area contributed by atoms with Crippen LogP contribution in [0.5, 0.6) is 0 Å². The topological polar surface area (TPSA) is 0 Å². The van der Waals surface area contributed by atoms with Gasteiger partial charge in [0, 0.05) is 0 Å². The fourth-order valence-corrected chi connectivity index (χ4v) is 4.41. The second-order valence-corrected chi connectivity index (χ2v) is 7.76. The summed E-state index contributed by atoms with van der Waals surface area (Å²) in [5.74, 6) is 0. The smallest absolute Gasteiger partial charge is 0.00196 e. The maximum Gasteiger partial charge on any atom is -0.00196 e. The minimum Gasteiger partial charge on any atom is -0.0616 e. The molecule has 0 amide bonds. The van der Waals surface area contributed by atoms with Gasteiger partial charge in [-0.1, -0.05) is 84.9 Å². The van der Waals surface area contributed by atoms with Gasteiger partial charge < -0.3 is 0 Å². The van der Waals surface area contributed by atoms with Crippen LogP contribution in [-0.4, -0.2) is 0 Å². The summed E-state index contributed by atoms with van der Waals surface area (Å²) >= 11 is 0. The van der Waals surface area contributed by atoms with Crippen LogP contribution in [0.3, 0.4) is 0 Å². The highest BCUT2D eigenvalue weighted by Gasteiger charge is 2.11. The maximum atomic E-state index is 2.42. The lowest BCUT2D eigenvalue weighted by Crippen LogP contribution is -1.93. The molecule has 0 aliphatic heterocycles. The summed E-state index contributed by atoms with van der Waals surface area (Å²) < 4.78 is 0. The molecule has 4 aromatic rings. The van der Waals surface area contributed by atoms with E-state index >= 15 is 0 Å². The first-order valence-corrected chi connectivity index (χ1v) is 10.0. The Balaban J connectivity index is 1.34. The van der Waals surface area contributed by atoms with E-state index in [4.69, 9.17) is 0 Å². The number of benzene rings is 4. The van der Waals surface area contributed by atoms with Gasteiger partial charge in [0.05, 0.1) is 0 Å². The fraction of sp³-hybridized carbons (Fsp3) is 0.185. The van der Waals surface area contributed by atoms with Crippen LogP contribution < -0.4 is 0 Å². The predicted octanol–water partition coefficient (Wildman–Crippen LogP) is 6.51. The van der Waals surface area contributed by atoms with Crippen LogP contribution in [0.15, 0.2) is 84.9 Å². The monoisotopic (exact) mass is 348 g/mol. The molecule has 1 aliphatic rings. The molecule has 0 saturated carbocycles. The Hall–Kier alpha value is -2.86. The van der Waals surface area contributed by atoms with Crippen molar-refractivity contribution in [3.05, 3.63) is 118 Å². The summed E-state index contributed by atoms with van der Waals surface area (Å²) in [7, 11) is 0. The Labute approximate surface area is 161 Å². The summed E-state index contributed by atoms with van der Waals surface area (Å²) in [6, 6.07) is 31.5. The third kappa shape index (κ3) is 3.40. The van der Waals surface area contributed by atoms with E-state index < -0.39 is 0 Å². The van der Waals surface area contributed by atoms with Crippen molar-refractivity contribution in [3.8, 4) is 0 Å². The highest BCUT2D eigenvalue weighted by Crippen LogP contribution is 2.25. The molecule has 0 aromatic heterocycles. The molecule has 27 heavy (non-hydrogen) atoms. The molecule has 0 atom stereocenters. The predicted molar refractivity (Wildman–Crippen MR) is 114 cm³/mol. The zero-order valence-electron chi connectivity index (χ0n) is 15.6. The molecule has 132 valence electrons. The summed E-state index contributed by atoms with van der Waals surface area (Å²) in [6.07, 6.45) is 5.86. The van der Waals surface area contributed by atoms with E-state index in [1.165, 1.54) is 52.3 Å². The van der Waals surface area contributed by atoms with Crippen molar-refractivity contribution in [2.75, 3.05) is 0 Å². The minimum atomic E-state index is 0.987. The Bertz CT molecular complexity index is 1080. The molecule has 4 aromatic carbocycles. The van der Waals surface area contributed by atoms with Gasteiger partial charge in [-0.15, -0.1) is 0 Å². The molecule has 0 spiro atoms. The lowest BCUT2D eigenvalue weighted by Gasteiger charge is -2.09. The molecular weight excluding hydrogens is 324 g/mol. The standard InChI is InChI=1S/C27H24/c1-2-10-27-24(5-1)7-4-9-26(27)18-21-13-11-20(12-14-21)17-22-15-16-23-6-3-8-25(23)19-22/h1-2,4-5,7,9-16,19H,3,6,8,17-18H2. The van der Waals surface area contributed by atoms with Gasteiger partial charge in [0.2, 0.25) is 0 Å². The van der Waals surface area contributed by atoms with Crippen molar-refractivity contribution in [2.24, 2.45) is 0 Å². The zero-order chi connectivity index (χ0) is 18.1. The van der Waals surface area contributed by atoms with Gasteiger partial charge in [0.1, 0.15) is 0 Å².